The van der Waals surface area contributed by atoms with Gasteiger partial charge in [-0.25, -0.2) is 4.79 Å². The van der Waals surface area contributed by atoms with Gasteiger partial charge in [-0.05, 0) is 30.5 Å². The van der Waals surface area contributed by atoms with E-state index in [1.54, 1.807) is 12.1 Å². The number of carbonyl (C=O) groups is 2. The number of hydrogen-bond donors (Lipinski definition) is 2. The highest BCUT2D eigenvalue weighted by molar-refractivity contribution is 6.32. The molecule has 1 saturated heterocycles. The zero-order valence-electron chi connectivity index (χ0n) is 13.6. The molecule has 1 amide bonds. The molecular formula is C17H20ClNO6. The number of benzene rings is 1. The summed E-state index contributed by atoms with van der Waals surface area (Å²) in [4.78, 5) is 23.8. The summed E-state index contributed by atoms with van der Waals surface area (Å²) in [5, 5.41) is 12.4. The number of amides is 1. The number of halogens is 1. The van der Waals surface area contributed by atoms with Gasteiger partial charge in [0.05, 0.1) is 18.1 Å². The first-order chi connectivity index (χ1) is 12.0. The van der Waals surface area contributed by atoms with Gasteiger partial charge < -0.3 is 24.6 Å². The van der Waals surface area contributed by atoms with Gasteiger partial charge in [0, 0.05) is 12.5 Å². The van der Waals surface area contributed by atoms with Crippen molar-refractivity contribution in [2.45, 2.75) is 25.3 Å². The van der Waals surface area contributed by atoms with Crippen molar-refractivity contribution in [1.82, 2.24) is 5.32 Å². The summed E-state index contributed by atoms with van der Waals surface area (Å²) < 4.78 is 16.3. The van der Waals surface area contributed by atoms with E-state index in [2.05, 4.69) is 5.32 Å². The van der Waals surface area contributed by atoms with Crippen LogP contribution in [0.5, 0.6) is 11.5 Å². The molecule has 1 aromatic rings. The maximum absolute atomic E-state index is 12.3. The molecule has 2 aliphatic rings. The minimum absolute atomic E-state index is 0.00766. The van der Waals surface area contributed by atoms with Crippen molar-refractivity contribution >= 4 is 23.5 Å². The SMILES string of the molecule is O=C(Cc1cc(Cl)c2c(c1)OCCO2)NC(C(=O)O)C1CCCOC1. The van der Waals surface area contributed by atoms with Crippen molar-refractivity contribution < 1.29 is 28.9 Å². The average Bonchev–Trinajstić information content (AvgIpc) is 2.60. The summed E-state index contributed by atoms with van der Waals surface area (Å²) >= 11 is 6.16. The van der Waals surface area contributed by atoms with Crippen molar-refractivity contribution in [3.8, 4) is 11.5 Å². The molecule has 0 spiro atoms. The van der Waals surface area contributed by atoms with Gasteiger partial charge in [-0.2, -0.15) is 0 Å². The monoisotopic (exact) mass is 369 g/mol. The van der Waals surface area contributed by atoms with Gasteiger partial charge in [0.15, 0.2) is 11.5 Å². The fraction of sp³-hybridized carbons (Fsp3) is 0.529. The Labute approximate surface area is 150 Å². The number of hydrogen-bond acceptors (Lipinski definition) is 5. The molecule has 1 aromatic carbocycles. The Hall–Kier alpha value is -1.99. The van der Waals surface area contributed by atoms with Crippen LogP contribution in [-0.4, -0.2) is 49.5 Å². The molecule has 2 aliphatic heterocycles. The Morgan fingerprint density at radius 2 is 2.08 bits per heavy atom. The molecular weight excluding hydrogens is 350 g/mol. The molecule has 0 radical (unpaired) electrons. The van der Waals surface area contributed by atoms with Crippen molar-refractivity contribution in [3.63, 3.8) is 0 Å². The molecule has 0 bridgehead atoms. The fourth-order valence-corrected chi connectivity index (χ4v) is 3.37. The van der Waals surface area contributed by atoms with E-state index >= 15 is 0 Å². The average molecular weight is 370 g/mol. The van der Waals surface area contributed by atoms with Gasteiger partial charge in [0.25, 0.3) is 0 Å². The lowest BCUT2D eigenvalue weighted by molar-refractivity contribution is -0.145. The minimum atomic E-state index is -1.05. The second-order valence-electron chi connectivity index (χ2n) is 6.14. The van der Waals surface area contributed by atoms with E-state index in [4.69, 9.17) is 25.8 Å². The molecule has 0 saturated carbocycles. The molecule has 3 rings (SSSR count). The second-order valence-corrected chi connectivity index (χ2v) is 6.55. The molecule has 1 fully saturated rings. The molecule has 0 aromatic heterocycles. The summed E-state index contributed by atoms with van der Waals surface area (Å²) in [6.07, 6.45) is 1.52. The number of carboxylic acid groups (broad SMARTS) is 1. The molecule has 0 aliphatic carbocycles. The van der Waals surface area contributed by atoms with Gasteiger partial charge >= 0.3 is 5.97 Å². The van der Waals surface area contributed by atoms with E-state index in [9.17, 15) is 14.7 Å². The van der Waals surface area contributed by atoms with Crippen LogP contribution in [0, 0.1) is 5.92 Å². The summed E-state index contributed by atoms with van der Waals surface area (Å²) in [7, 11) is 0. The topological polar surface area (TPSA) is 94.1 Å². The Bertz CT molecular complexity index is 659. The van der Waals surface area contributed by atoms with Gasteiger partial charge in [0.2, 0.25) is 5.91 Å². The molecule has 2 unspecified atom stereocenters. The third-order valence-corrected chi connectivity index (χ3v) is 4.55. The van der Waals surface area contributed by atoms with E-state index in [0.29, 0.717) is 54.9 Å². The van der Waals surface area contributed by atoms with Crippen LogP contribution in [-0.2, 0) is 20.7 Å². The van der Waals surface area contributed by atoms with Crippen molar-refractivity contribution in [3.05, 3.63) is 22.7 Å². The third kappa shape index (κ3) is 4.35. The van der Waals surface area contributed by atoms with Crippen molar-refractivity contribution in [2.75, 3.05) is 26.4 Å². The van der Waals surface area contributed by atoms with Crippen LogP contribution in [0.15, 0.2) is 12.1 Å². The first-order valence-electron chi connectivity index (χ1n) is 8.22. The summed E-state index contributed by atoms with van der Waals surface area (Å²) in [5.41, 5.74) is 0.635. The summed E-state index contributed by atoms with van der Waals surface area (Å²) in [6.45, 7) is 1.82. The van der Waals surface area contributed by atoms with Crippen LogP contribution in [0.4, 0.5) is 0 Å². The van der Waals surface area contributed by atoms with E-state index in [0.717, 1.165) is 6.42 Å². The van der Waals surface area contributed by atoms with Gasteiger partial charge in [-0.3, -0.25) is 4.79 Å². The molecule has 25 heavy (non-hydrogen) atoms. The Morgan fingerprint density at radius 1 is 1.28 bits per heavy atom. The van der Waals surface area contributed by atoms with Crippen molar-refractivity contribution in [1.29, 1.82) is 0 Å². The number of fused-ring (bicyclic) bond motifs is 1. The normalized spacial score (nSPS) is 20.6. The minimum Gasteiger partial charge on any atom is -0.486 e. The van der Waals surface area contributed by atoms with Gasteiger partial charge in [-0.1, -0.05) is 11.6 Å². The van der Waals surface area contributed by atoms with Crippen LogP contribution in [0.1, 0.15) is 18.4 Å². The third-order valence-electron chi connectivity index (χ3n) is 4.27. The predicted octanol–water partition coefficient (Wildman–Crippen LogP) is 1.65. The Kier molecular flexibility index (Phi) is 5.65. The lowest BCUT2D eigenvalue weighted by atomic mass is 9.93. The fourth-order valence-electron chi connectivity index (χ4n) is 3.09. The van der Waals surface area contributed by atoms with Crippen LogP contribution >= 0.6 is 11.6 Å². The molecule has 2 atom stereocenters. The van der Waals surface area contributed by atoms with Crippen LogP contribution in [0.25, 0.3) is 0 Å². The van der Waals surface area contributed by atoms with Gasteiger partial charge in [0.1, 0.15) is 19.3 Å². The highest BCUT2D eigenvalue weighted by atomic mass is 35.5. The van der Waals surface area contributed by atoms with Crippen LogP contribution in [0.3, 0.4) is 0 Å². The molecule has 8 heteroatoms. The first-order valence-corrected chi connectivity index (χ1v) is 8.60. The molecule has 7 nitrogen and oxygen atoms in total. The number of carboxylic acids is 1. The Balaban J connectivity index is 1.66. The quantitative estimate of drug-likeness (QED) is 0.819. The highest BCUT2D eigenvalue weighted by Gasteiger charge is 2.31. The highest BCUT2D eigenvalue weighted by Crippen LogP contribution is 2.38. The van der Waals surface area contributed by atoms with Gasteiger partial charge in [-0.15, -0.1) is 0 Å². The number of nitrogens with one attached hydrogen (secondary N) is 1. The summed E-state index contributed by atoms with van der Waals surface area (Å²) in [5.74, 6) is -0.689. The second kappa shape index (κ2) is 7.93. The van der Waals surface area contributed by atoms with E-state index in [1.165, 1.54) is 0 Å². The predicted molar refractivity (Wildman–Crippen MR) is 89.3 cm³/mol. The maximum atomic E-state index is 12.3. The standard InChI is InChI=1S/C17H20ClNO6/c18-12-6-10(7-13-16(12)25-5-4-24-13)8-14(20)19-15(17(21)22)11-2-1-3-23-9-11/h6-7,11,15H,1-5,8-9H2,(H,19,20)(H,21,22). The lowest BCUT2D eigenvalue weighted by Gasteiger charge is -2.28. The molecule has 2 N–H and O–H groups in total. The summed E-state index contributed by atoms with van der Waals surface area (Å²) in [6, 6.07) is 2.37. The van der Waals surface area contributed by atoms with E-state index in [1.807, 2.05) is 0 Å². The molecule has 136 valence electrons. The zero-order valence-corrected chi connectivity index (χ0v) is 14.4. The lowest BCUT2D eigenvalue weighted by Crippen LogP contribution is -2.48. The van der Waals surface area contributed by atoms with Crippen molar-refractivity contribution in [2.24, 2.45) is 5.92 Å². The number of aliphatic carboxylic acids is 1. The smallest absolute Gasteiger partial charge is 0.326 e. The van der Waals surface area contributed by atoms with E-state index in [-0.39, 0.29) is 18.2 Å². The number of ether oxygens (including phenoxy) is 3. The maximum Gasteiger partial charge on any atom is 0.326 e. The Morgan fingerprint density at radius 3 is 2.80 bits per heavy atom. The van der Waals surface area contributed by atoms with E-state index < -0.39 is 12.0 Å². The zero-order chi connectivity index (χ0) is 17.8. The van der Waals surface area contributed by atoms with Crippen LogP contribution in [0.2, 0.25) is 5.02 Å². The van der Waals surface area contributed by atoms with Crippen LogP contribution < -0.4 is 14.8 Å². The largest absolute Gasteiger partial charge is 0.486 e. The molecule has 2 heterocycles. The number of rotatable bonds is 5. The first kappa shape index (κ1) is 17.8. The number of carbonyl (C=O) groups excluding carboxylic acids is 1.